The van der Waals surface area contributed by atoms with Crippen molar-refractivity contribution in [2.24, 2.45) is 5.10 Å². The number of nitrogens with one attached hydrogen (secondary N) is 2. The smallest absolute Gasteiger partial charge is 0.416 e. The van der Waals surface area contributed by atoms with Gasteiger partial charge < -0.3 is 9.73 Å². The zero-order valence-corrected chi connectivity index (χ0v) is 15.3. The lowest BCUT2D eigenvalue weighted by atomic mass is 9.95. The Balaban J connectivity index is 1.52. The van der Waals surface area contributed by atoms with E-state index in [0.717, 1.165) is 25.0 Å². The van der Waals surface area contributed by atoms with Crippen LogP contribution in [0, 0.1) is 0 Å². The summed E-state index contributed by atoms with van der Waals surface area (Å²) in [7, 11) is 0. The molecule has 1 heterocycles. The van der Waals surface area contributed by atoms with Gasteiger partial charge in [0.15, 0.2) is 0 Å². The average molecular weight is 393 g/mol. The summed E-state index contributed by atoms with van der Waals surface area (Å²) in [5.41, 5.74) is 1.98. The zero-order chi connectivity index (χ0) is 20.0. The molecule has 2 aromatic rings. The Morgan fingerprint density at radius 2 is 1.96 bits per heavy atom. The van der Waals surface area contributed by atoms with Crippen LogP contribution in [0.15, 0.2) is 45.9 Å². The maximum absolute atomic E-state index is 12.8. The fourth-order valence-electron chi connectivity index (χ4n) is 3.18. The molecule has 0 atom stereocenters. The van der Waals surface area contributed by atoms with Crippen LogP contribution < -0.4 is 10.7 Å². The minimum atomic E-state index is -4.41. The molecular formula is C20H22F3N3O2. The second kappa shape index (κ2) is 9.05. The molecule has 0 spiro atoms. The molecule has 1 aromatic heterocycles. The number of rotatable bonds is 6. The van der Waals surface area contributed by atoms with Crippen LogP contribution in [0.2, 0.25) is 0 Å². The van der Waals surface area contributed by atoms with Gasteiger partial charge in [0, 0.05) is 11.6 Å². The van der Waals surface area contributed by atoms with E-state index in [1.54, 1.807) is 12.1 Å². The van der Waals surface area contributed by atoms with Crippen LogP contribution in [0.5, 0.6) is 0 Å². The predicted octanol–water partition coefficient (Wildman–Crippen LogP) is 4.34. The van der Waals surface area contributed by atoms with E-state index in [4.69, 9.17) is 4.42 Å². The summed E-state index contributed by atoms with van der Waals surface area (Å²) in [5, 5.41) is 7.04. The molecule has 1 fully saturated rings. The molecule has 0 radical (unpaired) electrons. The number of alkyl halides is 3. The number of hydrogen-bond acceptors (Lipinski definition) is 4. The van der Waals surface area contributed by atoms with Gasteiger partial charge in [-0.05, 0) is 37.1 Å². The average Bonchev–Trinajstić information content (AvgIpc) is 3.16. The quantitative estimate of drug-likeness (QED) is 0.567. The molecule has 1 aromatic carbocycles. The van der Waals surface area contributed by atoms with E-state index >= 15 is 0 Å². The first-order chi connectivity index (χ1) is 13.4. The number of amides is 1. The number of halogens is 3. The van der Waals surface area contributed by atoms with Gasteiger partial charge in [-0.1, -0.05) is 31.4 Å². The fraction of sp³-hybridized carbons (Fsp3) is 0.400. The Labute approximate surface area is 161 Å². The third-order valence-corrected chi connectivity index (χ3v) is 4.64. The van der Waals surface area contributed by atoms with Crippen LogP contribution in [0.25, 0.3) is 11.3 Å². The third-order valence-electron chi connectivity index (χ3n) is 4.64. The van der Waals surface area contributed by atoms with E-state index in [-0.39, 0.29) is 18.2 Å². The lowest BCUT2D eigenvalue weighted by molar-refractivity contribution is -0.137. The van der Waals surface area contributed by atoms with Crippen LogP contribution in [0.1, 0.15) is 43.4 Å². The molecule has 3 rings (SSSR count). The molecule has 5 nitrogen and oxygen atoms in total. The Morgan fingerprint density at radius 3 is 2.71 bits per heavy atom. The number of nitrogens with zero attached hydrogens (tertiary/aromatic N) is 1. The zero-order valence-electron chi connectivity index (χ0n) is 15.3. The minimum Gasteiger partial charge on any atom is -0.455 e. The van der Waals surface area contributed by atoms with Crippen molar-refractivity contribution < 1.29 is 22.4 Å². The minimum absolute atomic E-state index is 0.190. The topological polar surface area (TPSA) is 66.6 Å². The third kappa shape index (κ3) is 5.69. The Bertz CT molecular complexity index is 824. The lowest BCUT2D eigenvalue weighted by Crippen LogP contribution is -2.38. The van der Waals surface area contributed by atoms with E-state index in [2.05, 4.69) is 15.8 Å². The van der Waals surface area contributed by atoms with Gasteiger partial charge in [-0.15, -0.1) is 0 Å². The second-order valence-electron chi connectivity index (χ2n) is 6.79. The molecular weight excluding hydrogens is 371 g/mol. The van der Waals surface area contributed by atoms with E-state index in [0.29, 0.717) is 17.4 Å². The number of hydrazone groups is 1. The first kappa shape index (κ1) is 20.1. The van der Waals surface area contributed by atoms with Crippen molar-refractivity contribution in [3.05, 3.63) is 47.7 Å². The highest BCUT2D eigenvalue weighted by molar-refractivity contribution is 5.82. The van der Waals surface area contributed by atoms with Crippen molar-refractivity contribution in [2.45, 2.75) is 44.3 Å². The van der Waals surface area contributed by atoms with Gasteiger partial charge in [-0.3, -0.25) is 4.79 Å². The molecule has 0 saturated heterocycles. The molecule has 1 aliphatic carbocycles. The van der Waals surface area contributed by atoms with Gasteiger partial charge >= 0.3 is 6.18 Å². The van der Waals surface area contributed by atoms with Gasteiger partial charge in [0.25, 0.3) is 5.91 Å². The summed E-state index contributed by atoms with van der Waals surface area (Å²) in [4.78, 5) is 11.8. The number of carbonyl (C=O) groups is 1. The van der Waals surface area contributed by atoms with Crippen LogP contribution in [-0.4, -0.2) is 24.7 Å². The van der Waals surface area contributed by atoms with Crippen molar-refractivity contribution >= 4 is 12.1 Å². The van der Waals surface area contributed by atoms with Crippen LogP contribution >= 0.6 is 0 Å². The van der Waals surface area contributed by atoms with E-state index in [9.17, 15) is 18.0 Å². The standard InChI is InChI=1S/C20H22F3N3O2/c21-20(22,23)15-6-4-5-14(11-15)18-10-9-17(28-18)12-25-26-19(27)13-24-16-7-2-1-3-8-16/h4-6,9-12,16,24H,1-3,7-8,13H2,(H,26,27)/b25-12-. The van der Waals surface area contributed by atoms with E-state index in [1.165, 1.54) is 37.6 Å². The molecule has 1 amide bonds. The van der Waals surface area contributed by atoms with Crippen molar-refractivity contribution in [2.75, 3.05) is 6.54 Å². The molecule has 0 aliphatic heterocycles. The maximum Gasteiger partial charge on any atom is 0.416 e. The van der Waals surface area contributed by atoms with Crippen molar-refractivity contribution in [1.82, 2.24) is 10.7 Å². The van der Waals surface area contributed by atoms with E-state index in [1.807, 2.05) is 0 Å². The van der Waals surface area contributed by atoms with Crippen LogP contribution in [-0.2, 0) is 11.0 Å². The first-order valence-electron chi connectivity index (χ1n) is 9.24. The van der Waals surface area contributed by atoms with Gasteiger partial charge in [-0.25, -0.2) is 5.43 Å². The number of benzene rings is 1. The van der Waals surface area contributed by atoms with Gasteiger partial charge in [0.1, 0.15) is 11.5 Å². The summed E-state index contributed by atoms with van der Waals surface area (Å²) in [6.07, 6.45) is 2.69. The first-order valence-corrected chi connectivity index (χ1v) is 9.24. The second-order valence-corrected chi connectivity index (χ2v) is 6.79. The SMILES string of the molecule is O=C(CNC1CCCCC1)N/N=C\c1ccc(-c2cccc(C(F)(F)F)c2)o1. The monoisotopic (exact) mass is 393 g/mol. The fourth-order valence-corrected chi connectivity index (χ4v) is 3.18. The number of hydrogen-bond donors (Lipinski definition) is 2. The molecule has 8 heteroatoms. The van der Waals surface area contributed by atoms with E-state index < -0.39 is 11.7 Å². The van der Waals surface area contributed by atoms with Crippen LogP contribution in [0.4, 0.5) is 13.2 Å². The van der Waals surface area contributed by atoms with Gasteiger partial charge in [0.2, 0.25) is 0 Å². The Morgan fingerprint density at radius 1 is 1.18 bits per heavy atom. The Hall–Kier alpha value is -2.61. The highest BCUT2D eigenvalue weighted by atomic mass is 19.4. The molecule has 0 bridgehead atoms. The normalized spacial score (nSPS) is 15.8. The van der Waals surface area contributed by atoms with Gasteiger partial charge in [-0.2, -0.15) is 18.3 Å². The summed E-state index contributed by atoms with van der Waals surface area (Å²) < 4.78 is 43.9. The molecule has 0 unspecified atom stereocenters. The summed E-state index contributed by atoms with van der Waals surface area (Å²) >= 11 is 0. The van der Waals surface area contributed by atoms with Crippen molar-refractivity contribution in [3.8, 4) is 11.3 Å². The molecule has 2 N–H and O–H groups in total. The summed E-state index contributed by atoms with van der Waals surface area (Å²) in [6.45, 7) is 0.190. The maximum atomic E-state index is 12.8. The molecule has 150 valence electrons. The molecule has 28 heavy (non-hydrogen) atoms. The van der Waals surface area contributed by atoms with Gasteiger partial charge in [0.05, 0.1) is 18.3 Å². The van der Waals surface area contributed by atoms with Crippen molar-refractivity contribution in [1.29, 1.82) is 0 Å². The highest BCUT2D eigenvalue weighted by Crippen LogP contribution is 2.32. The predicted molar refractivity (Wildman–Crippen MR) is 99.8 cm³/mol. The summed E-state index contributed by atoms with van der Waals surface area (Å²) in [6, 6.07) is 8.41. The number of furan rings is 1. The Kier molecular flexibility index (Phi) is 6.51. The summed E-state index contributed by atoms with van der Waals surface area (Å²) in [5.74, 6) is 0.359. The number of carbonyl (C=O) groups excluding carboxylic acids is 1. The van der Waals surface area contributed by atoms with Crippen LogP contribution in [0.3, 0.4) is 0 Å². The lowest BCUT2D eigenvalue weighted by Gasteiger charge is -2.22. The highest BCUT2D eigenvalue weighted by Gasteiger charge is 2.30. The van der Waals surface area contributed by atoms with Crippen molar-refractivity contribution in [3.63, 3.8) is 0 Å². The molecule has 1 aliphatic rings. The molecule has 1 saturated carbocycles. The largest absolute Gasteiger partial charge is 0.455 e.